The predicted molar refractivity (Wildman–Crippen MR) is 115 cm³/mol. The molecule has 2 unspecified atom stereocenters. The molecule has 1 aliphatic rings. The van der Waals surface area contributed by atoms with Crippen molar-refractivity contribution in [3.8, 4) is 5.75 Å². The maximum atomic E-state index is 13.3. The van der Waals surface area contributed by atoms with E-state index in [1.165, 1.54) is 0 Å². The van der Waals surface area contributed by atoms with Crippen molar-refractivity contribution in [2.24, 2.45) is 5.92 Å². The van der Waals surface area contributed by atoms with E-state index in [9.17, 15) is 14.7 Å². The first-order valence-corrected chi connectivity index (χ1v) is 10.4. The molecule has 1 amide bonds. The molecule has 0 saturated heterocycles. The van der Waals surface area contributed by atoms with Crippen molar-refractivity contribution in [1.82, 2.24) is 0 Å². The number of fused-ring (bicyclic) bond motifs is 1. The van der Waals surface area contributed by atoms with E-state index in [1.54, 1.807) is 23.1 Å². The summed E-state index contributed by atoms with van der Waals surface area (Å²) in [6.07, 6.45) is -2.26. The van der Waals surface area contributed by atoms with Crippen molar-refractivity contribution >= 4 is 29.2 Å². The minimum Gasteiger partial charge on any atom is -0.493 e. The van der Waals surface area contributed by atoms with Crippen LogP contribution in [-0.4, -0.2) is 36.2 Å². The number of hydrogen-bond donors (Lipinski definition) is 1. The van der Waals surface area contributed by atoms with Crippen LogP contribution in [0.2, 0.25) is 5.02 Å². The summed E-state index contributed by atoms with van der Waals surface area (Å²) in [5.74, 6) is -0.672. The van der Waals surface area contributed by atoms with Gasteiger partial charge in [0.25, 0.3) is 5.91 Å². The van der Waals surface area contributed by atoms with Gasteiger partial charge in [0.05, 0.1) is 13.0 Å². The van der Waals surface area contributed by atoms with E-state index in [1.807, 2.05) is 45.0 Å². The van der Waals surface area contributed by atoms with Crippen molar-refractivity contribution in [1.29, 1.82) is 0 Å². The third-order valence-electron chi connectivity index (χ3n) is 4.81. The summed E-state index contributed by atoms with van der Waals surface area (Å²) in [4.78, 5) is 26.4. The van der Waals surface area contributed by atoms with Crippen molar-refractivity contribution in [3.05, 3.63) is 58.6 Å². The molecule has 0 fully saturated rings. The van der Waals surface area contributed by atoms with Crippen LogP contribution in [0.5, 0.6) is 5.75 Å². The standard InChI is InChI=1S/C23H26ClNO5/c1-4-29-19-8-6-5-7-16(19)22-17-11-15(24)9-10-18(17)25(13-14(2)3)23(28)20(30-22)12-21(26)27/h5-11,14,20,22H,4,12-13H2,1-3H3,(H,26,27). The third-order valence-corrected chi connectivity index (χ3v) is 5.05. The highest BCUT2D eigenvalue weighted by atomic mass is 35.5. The van der Waals surface area contributed by atoms with Crippen LogP contribution in [0.3, 0.4) is 0 Å². The summed E-state index contributed by atoms with van der Waals surface area (Å²) in [5.41, 5.74) is 2.09. The summed E-state index contributed by atoms with van der Waals surface area (Å²) in [5, 5.41) is 9.91. The molecule has 7 heteroatoms. The normalized spacial score (nSPS) is 18.8. The van der Waals surface area contributed by atoms with Gasteiger partial charge in [-0.3, -0.25) is 9.59 Å². The Labute approximate surface area is 181 Å². The highest BCUT2D eigenvalue weighted by molar-refractivity contribution is 6.30. The topological polar surface area (TPSA) is 76.1 Å². The second kappa shape index (κ2) is 9.49. The number of halogens is 1. The van der Waals surface area contributed by atoms with Gasteiger partial charge in [0.1, 0.15) is 18.0 Å². The molecule has 0 bridgehead atoms. The lowest BCUT2D eigenvalue weighted by atomic mass is 9.98. The number of para-hydroxylation sites is 1. The number of amides is 1. The molecule has 2 aromatic rings. The quantitative estimate of drug-likeness (QED) is 0.688. The number of carbonyl (C=O) groups is 2. The number of hydrogen-bond acceptors (Lipinski definition) is 4. The Balaban J connectivity index is 2.21. The van der Waals surface area contributed by atoms with Crippen LogP contribution in [0.25, 0.3) is 0 Å². The lowest BCUT2D eigenvalue weighted by molar-refractivity contribution is -0.147. The molecule has 1 heterocycles. The van der Waals surface area contributed by atoms with Crippen LogP contribution in [0.15, 0.2) is 42.5 Å². The van der Waals surface area contributed by atoms with E-state index in [4.69, 9.17) is 21.1 Å². The number of rotatable bonds is 7. The van der Waals surface area contributed by atoms with Gasteiger partial charge in [-0.05, 0) is 37.1 Å². The van der Waals surface area contributed by atoms with Crippen LogP contribution >= 0.6 is 11.6 Å². The van der Waals surface area contributed by atoms with Gasteiger partial charge in [-0.25, -0.2) is 0 Å². The van der Waals surface area contributed by atoms with Crippen LogP contribution in [0, 0.1) is 5.92 Å². The van der Waals surface area contributed by atoms with Crippen molar-refractivity contribution in [2.45, 2.75) is 39.4 Å². The van der Waals surface area contributed by atoms with E-state index in [0.717, 1.165) is 5.56 Å². The van der Waals surface area contributed by atoms with Gasteiger partial charge in [0.15, 0.2) is 0 Å². The van der Waals surface area contributed by atoms with Gasteiger partial charge < -0.3 is 19.5 Å². The largest absolute Gasteiger partial charge is 0.493 e. The van der Waals surface area contributed by atoms with Crippen LogP contribution in [0.4, 0.5) is 5.69 Å². The number of carbonyl (C=O) groups excluding carboxylic acids is 1. The molecule has 1 aliphatic heterocycles. The molecular formula is C23H26ClNO5. The second-order valence-corrected chi connectivity index (χ2v) is 8.06. The SMILES string of the molecule is CCOc1ccccc1C1OC(CC(=O)O)C(=O)N(CC(C)C)c2ccc(Cl)cc21. The van der Waals surface area contributed by atoms with Crippen molar-refractivity contribution in [3.63, 3.8) is 0 Å². The highest BCUT2D eigenvalue weighted by Crippen LogP contribution is 2.42. The summed E-state index contributed by atoms with van der Waals surface area (Å²) < 4.78 is 12.0. The van der Waals surface area contributed by atoms with Crippen LogP contribution in [0.1, 0.15) is 44.4 Å². The van der Waals surface area contributed by atoms with E-state index in [0.29, 0.717) is 35.2 Å². The average molecular weight is 432 g/mol. The fourth-order valence-electron chi connectivity index (χ4n) is 3.64. The molecule has 3 rings (SSSR count). The summed E-state index contributed by atoms with van der Waals surface area (Å²) >= 11 is 6.31. The molecule has 0 aliphatic carbocycles. The molecule has 0 saturated carbocycles. The zero-order valence-electron chi connectivity index (χ0n) is 17.3. The average Bonchev–Trinajstić information content (AvgIpc) is 2.78. The lowest BCUT2D eigenvalue weighted by Gasteiger charge is -2.26. The molecule has 1 N–H and O–H groups in total. The Morgan fingerprint density at radius 2 is 1.97 bits per heavy atom. The van der Waals surface area contributed by atoms with Gasteiger partial charge in [0, 0.05) is 28.4 Å². The minimum absolute atomic E-state index is 0.176. The monoisotopic (exact) mass is 431 g/mol. The number of carboxylic acids is 1. The number of nitrogens with zero attached hydrogens (tertiary/aromatic N) is 1. The first-order chi connectivity index (χ1) is 14.3. The van der Waals surface area contributed by atoms with Gasteiger partial charge in [-0.2, -0.15) is 0 Å². The smallest absolute Gasteiger partial charge is 0.306 e. The Kier molecular flexibility index (Phi) is 7.00. The fourth-order valence-corrected chi connectivity index (χ4v) is 3.82. The maximum Gasteiger partial charge on any atom is 0.306 e. The molecule has 160 valence electrons. The number of ether oxygens (including phenoxy) is 2. The Morgan fingerprint density at radius 1 is 1.23 bits per heavy atom. The molecule has 0 aromatic heterocycles. The van der Waals surface area contributed by atoms with Crippen molar-refractivity contribution in [2.75, 3.05) is 18.1 Å². The minimum atomic E-state index is -1.13. The maximum absolute atomic E-state index is 13.3. The number of aliphatic carboxylic acids is 1. The fraction of sp³-hybridized carbons (Fsp3) is 0.391. The first kappa shape index (κ1) is 22.1. The zero-order chi connectivity index (χ0) is 21.8. The van der Waals surface area contributed by atoms with Crippen LogP contribution < -0.4 is 9.64 Å². The molecule has 2 aromatic carbocycles. The Hall–Kier alpha value is -2.57. The zero-order valence-corrected chi connectivity index (χ0v) is 18.1. The second-order valence-electron chi connectivity index (χ2n) is 7.62. The van der Waals surface area contributed by atoms with E-state index >= 15 is 0 Å². The molecule has 6 nitrogen and oxygen atoms in total. The molecule has 2 atom stereocenters. The summed E-state index contributed by atoms with van der Waals surface area (Å²) in [7, 11) is 0. The Bertz CT molecular complexity index is 930. The molecule has 0 spiro atoms. The van der Waals surface area contributed by atoms with Crippen LogP contribution in [-0.2, 0) is 14.3 Å². The predicted octanol–water partition coefficient (Wildman–Crippen LogP) is 4.69. The summed E-state index contributed by atoms with van der Waals surface area (Å²) in [6, 6.07) is 12.7. The highest BCUT2D eigenvalue weighted by Gasteiger charge is 2.38. The van der Waals surface area contributed by atoms with Gasteiger partial charge in [-0.15, -0.1) is 0 Å². The number of anilines is 1. The van der Waals surface area contributed by atoms with Gasteiger partial charge in [0.2, 0.25) is 0 Å². The number of benzene rings is 2. The van der Waals surface area contributed by atoms with E-state index in [-0.39, 0.29) is 11.8 Å². The van der Waals surface area contributed by atoms with Crippen molar-refractivity contribution < 1.29 is 24.2 Å². The molecule has 0 radical (unpaired) electrons. The van der Waals surface area contributed by atoms with Gasteiger partial charge in [-0.1, -0.05) is 43.6 Å². The molecule has 30 heavy (non-hydrogen) atoms. The summed E-state index contributed by atoms with van der Waals surface area (Å²) in [6.45, 7) is 6.79. The number of carboxylic acid groups (broad SMARTS) is 1. The third kappa shape index (κ3) is 4.77. The Morgan fingerprint density at radius 3 is 2.63 bits per heavy atom. The lowest BCUT2D eigenvalue weighted by Crippen LogP contribution is -2.42. The van der Waals surface area contributed by atoms with E-state index in [2.05, 4.69) is 0 Å². The first-order valence-electron chi connectivity index (χ1n) is 10.0. The van der Waals surface area contributed by atoms with Gasteiger partial charge >= 0.3 is 5.97 Å². The van der Waals surface area contributed by atoms with E-state index < -0.39 is 24.6 Å². The molecular weight excluding hydrogens is 406 g/mol.